The molecule has 0 saturated carbocycles. The number of fused-ring (bicyclic) bond motifs is 1. The number of rotatable bonds is 6. The quantitative estimate of drug-likeness (QED) is 0.467. The number of hydrogen-bond acceptors (Lipinski definition) is 4. The lowest BCUT2D eigenvalue weighted by atomic mass is 10.0. The molecule has 2 aliphatic rings. The predicted octanol–water partition coefficient (Wildman–Crippen LogP) is 4.01. The van der Waals surface area contributed by atoms with Crippen molar-refractivity contribution >= 4 is 44.7 Å². The zero-order valence-electron chi connectivity index (χ0n) is 18.8. The van der Waals surface area contributed by atoms with Crippen LogP contribution in [0.5, 0.6) is 0 Å². The SMILES string of the molecule is C[C@@H]1CCCCN1C(=O)Cn1cc(/C=C(\C#N)C(=O)NC[C@H]2CCCO2)c2cc(Br)ccc21. The lowest BCUT2D eigenvalue weighted by molar-refractivity contribution is -0.135. The van der Waals surface area contributed by atoms with Gasteiger partial charge in [-0.2, -0.15) is 5.26 Å². The molecule has 33 heavy (non-hydrogen) atoms. The van der Waals surface area contributed by atoms with Crippen LogP contribution in [0.3, 0.4) is 0 Å². The molecule has 7 nitrogen and oxygen atoms in total. The van der Waals surface area contributed by atoms with E-state index in [0.717, 1.165) is 59.6 Å². The summed E-state index contributed by atoms with van der Waals surface area (Å²) in [6.45, 7) is 4.23. The van der Waals surface area contributed by atoms with Gasteiger partial charge in [-0.05, 0) is 63.3 Å². The Bertz CT molecular complexity index is 1110. The highest BCUT2D eigenvalue weighted by molar-refractivity contribution is 9.10. The fourth-order valence-electron chi connectivity index (χ4n) is 4.66. The number of ether oxygens (including phenoxy) is 1. The molecule has 3 heterocycles. The monoisotopic (exact) mass is 512 g/mol. The Morgan fingerprint density at radius 1 is 1.30 bits per heavy atom. The highest BCUT2D eigenvalue weighted by Gasteiger charge is 2.24. The molecule has 0 spiro atoms. The third-order valence-electron chi connectivity index (χ3n) is 6.48. The Morgan fingerprint density at radius 2 is 2.15 bits per heavy atom. The molecule has 2 amide bonds. The van der Waals surface area contributed by atoms with Crippen molar-refractivity contribution in [2.45, 2.75) is 57.7 Å². The van der Waals surface area contributed by atoms with Crippen molar-refractivity contribution in [1.82, 2.24) is 14.8 Å². The van der Waals surface area contributed by atoms with Crippen molar-refractivity contribution in [3.8, 4) is 6.07 Å². The number of halogens is 1. The van der Waals surface area contributed by atoms with Gasteiger partial charge in [0.15, 0.2) is 0 Å². The summed E-state index contributed by atoms with van der Waals surface area (Å²) >= 11 is 3.51. The van der Waals surface area contributed by atoms with E-state index in [9.17, 15) is 14.9 Å². The Morgan fingerprint density at radius 3 is 2.88 bits per heavy atom. The fraction of sp³-hybridized carbons (Fsp3) is 0.480. The van der Waals surface area contributed by atoms with E-state index >= 15 is 0 Å². The Balaban J connectivity index is 1.58. The van der Waals surface area contributed by atoms with Crippen LogP contribution in [0.15, 0.2) is 34.4 Å². The molecule has 0 bridgehead atoms. The van der Waals surface area contributed by atoms with Crippen molar-refractivity contribution < 1.29 is 14.3 Å². The summed E-state index contributed by atoms with van der Waals surface area (Å²) in [7, 11) is 0. The average molecular weight is 513 g/mol. The van der Waals surface area contributed by atoms with Gasteiger partial charge in [-0.1, -0.05) is 15.9 Å². The van der Waals surface area contributed by atoms with Gasteiger partial charge in [0.25, 0.3) is 5.91 Å². The van der Waals surface area contributed by atoms with Gasteiger partial charge in [0.1, 0.15) is 18.2 Å². The van der Waals surface area contributed by atoms with Crippen LogP contribution in [0, 0.1) is 11.3 Å². The van der Waals surface area contributed by atoms with Crippen LogP contribution in [0.25, 0.3) is 17.0 Å². The number of nitrogens with zero attached hydrogens (tertiary/aromatic N) is 3. The standard InChI is InChI=1S/C25H29BrN4O3/c1-17-5-2-3-9-30(17)24(31)16-29-15-19(22-12-20(26)7-8-23(22)29)11-18(13-27)25(32)28-14-21-6-4-10-33-21/h7-8,11-12,15,17,21H,2-6,9-10,14,16H2,1H3,(H,28,32)/b18-11+/t17-,21-/m1/s1. The molecule has 1 aromatic carbocycles. The largest absolute Gasteiger partial charge is 0.376 e. The van der Waals surface area contributed by atoms with Crippen molar-refractivity contribution in [2.24, 2.45) is 0 Å². The maximum atomic E-state index is 13.0. The minimum atomic E-state index is -0.415. The summed E-state index contributed by atoms with van der Waals surface area (Å²) < 4.78 is 8.34. The second kappa shape index (κ2) is 10.5. The third-order valence-corrected chi connectivity index (χ3v) is 6.98. The third kappa shape index (κ3) is 5.48. The molecule has 2 fully saturated rings. The summed E-state index contributed by atoms with van der Waals surface area (Å²) in [5, 5.41) is 13.3. The highest BCUT2D eigenvalue weighted by Crippen LogP contribution is 2.28. The van der Waals surface area contributed by atoms with Crippen LogP contribution >= 0.6 is 15.9 Å². The second-order valence-electron chi connectivity index (χ2n) is 8.82. The number of carbonyl (C=O) groups excluding carboxylic acids is 2. The predicted molar refractivity (Wildman–Crippen MR) is 130 cm³/mol. The van der Waals surface area contributed by atoms with Crippen LogP contribution in [-0.4, -0.2) is 53.1 Å². The molecular formula is C25H29BrN4O3. The minimum absolute atomic E-state index is 0.00922. The van der Waals surface area contributed by atoms with E-state index in [2.05, 4.69) is 28.2 Å². The van der Waals surface area contributed by atoms with Crippen LogP contribution < -0.4 is 5.32 Å². The first-order valence-corrected chi connectivity index (χ1v) is 12.3. The van der Waals surface area contributed by atoms with E-state index in [1.807, 2.05) is 39.9 Å². The lowest BCUT2D eigenvalue weighted by Gasteiger charge is -2.33. The number of carbonyl (C=O) groups is 2. The number of likely N-dealkylation sites (tertiary alicyclic amines) is 1. The first kappa shape index (κ1) is 23.5. The molecule has 0 radical (unpaired) electrons. The van der Waals surface area contributed by atoms with Crippen LogP contribution in [0.4, 0.5) is 0 Å². The molecule has 0 unspecified atom stereocenters. The minimum Gasteiger partial charge on any atom is -0.376 e. The first-order valence-electron chi connectivity index (χ1n) is 11.6. The van der Waals surface area contributed by atoms with Crippen molar-refractivity contribution in [2.75, 3.05) is 19.7 Å². The molecule has 2 atom stereocenters. The maximum absolute atomic E-state index is 13.0. The molecule has 2 saturated heterocycles. The Kier molecular flexibility index (Phi) is 7.51. The Hall–Kier alpha value is -2.63. The molecule has 1 aromatic heterocycles. The van der Waals surface area contributed by atoms with Crippen LogP contribution in [-0.2, 0) is 20.9 Å². The number of benzene rings is 1. The smallest absolute Gasteiger partial charge is 0.262 e. The van der Waals surface area contributed by atoms with Gasteiger partial charge < -0.3 is 19.5 Å². The average Bonchev–Trinajstić information content (AvgIpc) is 3.44. The number of nitriles is 1. The normalized spacial score (nSPS) is 21.2. The van der Waals surface area contributed by atoms with Gasteiger partial charge in [-0.3, -0.25) is 9.59 Å². The van der Waals surface area contributed by atoms with Crippen LogP contribution in [0.2, 0.25) is 0 Å². The molecule has 2 aromatic rings. The van der Waals surface area contributed by atoms with Gasteiger partial charge >= 0.3 is 0 Å². The second-order valence-corrected chi connectivity index (χ2v) is 9.74. The van der Waals surface area contributed by atoms with Gasteiger partial charge in [-0.15, -0.1) is 0 Å². The van der Waals surface area contributed by atoms with E-state index in [0.29, 0.717) is 13.2 Å². The van der Waals surface area contributed by atoms with E-state index in [4.69, 9.17) is 4.74 Å². The number of nitrogens with one attached hydrogen (secondary N) is 1. The van der Waals surface area contributed by atoms with Gasteiger partial charge in [-0.25, -0.2) is 0 Å². The van der Waals surface area contributed by atoms with E-state index in [1.54, 1.807) is 6.08 Å². The zero-order chi connectivity index (χ0) is 23.4. The van der Waals surface area contributed by atoms with Gasteiger partial charge in [0, 0.05) is 52.9 Å². The molecule has 4 rings (SSSR count). The van der Waals surface area contributed by atoms with Gasteiger partial charge in [0.05, 0.1) is 6.10 Å². The summed E-state index contributed by atoms with van der Waals surface area (Å²) in [5.41, 5.74) is 1.65. The van der Waals surface area contributed by atoms with E-state index < -0.39 is 5.91 Å². The van der Waals surface area contributed by atoms with E-state index in [-0.39, 0.29) is 30.2 Å². The van der Waals surface area contributed by atoms with Crippen molar-refractivity contribution in [1.29, 1.82) is 5.26 Å². The summed E-state index contributed by atoms with van der Waals surface area (Å²) in [6, 6.07) is 8.11. The Labute approximate surface area is 202 Å². The maximum Gasteiger partial charge on any atom is 0.262 e. The topological polar surface area (TPSA) is 87.4 Å². The number of piperidine rings is 1. The zero-order valence-corrected chi connectivity index (χ0v) is 20.4. The molecule has 174 valence electrons. The summed E-state index contributed by atoms with van der Waals surface area (Å²) in [5.74, 6) is -0.325. The number of hydrogen-bond donors (Lipinski definition) is 1. The van der Waals surface area contributed by atoms with Crippen molar-refractivity contribution in [3.63, 3.8) is 0 Å². The summed E-state index contributed by atoms with van der Waals surface area (Å²) in [6.07, 6.45) is 8.60. The first-order chi connectivity index (χ1) is 16.0. The number of amides is 2. The van der Waals surface area contributed by atoms with Gasteiger partial charge in [0.2, 0.25) is 5.91 Å². The van der Waals surface area contributed by atoms with Crippen molar-refractivity contribution in [3.05, 3.63) is 40.0 Å². The molecule has 2 aliphatic heterocycles. The molecule has 8 heteroatoms. The van der Waals surface area contributed by atoms with Crippen LogP contribution in [0.1, 0.15) is 44.6 Å². The van der Waals surface area contributed by atoms with E-state index in [1.165, 1.54) is 0 Å². The number of aromatic nitrogens is 1. The molecular weight excluding hydrogens is 484 g/mol. The molecule has 0 aliphatic carbocycles. The fourth-order valence-corrected chi connectivity index (χ4v) is 5.02. The lowest BCUT2D eigenvalue weighted by Crippen LogP contribution is -2.43. The molecule has 1 N–H and O–H groups in total. The highest BCUT2D eigenvalue weighted by atomic mass is 79.9. The summed E-state index contributed by atoms with van der Waals surface area (Å²) in [4.78, 5) is 27.6.